The summed E-state index contributed by atoms with van der Waals surface area (Å²) in [7, 11) is 0. The number of hydrogen-bond donors (Lipinski definition) is 0. The SMILES string of the molecule is [C-]#CCOC(C)=O.[Zn+][Br]. The topological polar surface area (TPSA) is 26.3 Å². The van der Waals surface area contributed by atoms with Gasteiger partial charge in [0.1, 0.15) is 6.61 Å². The molecule has 0 bridgehead atoms. The fourth-order valence-electron chi connectivity index (χ4n) is 0.138. The predicted molar refractivity (Wildman–Crippen MR) is 32.7 cm³/mol. The van der Waals surface area contributed by atoms with Crippen molar-refractivity contribution in [3.63, 3.8) is 0 Å². The predicted octanol–water partition coefficient (Wildman–Crippen LogP) is 0.982. The first-order chi connectivity index (χ1) is 4.27. The van der Waals surface area contributed by atoms with Crippen LogP contribution in [0.3, 0.4) is 0 Å². The Morgan fingerprint density at radius 2 is 2.33 bits per heavy atom. The molecule has 0 saturated carbocycles. The molecule has 0 aromatic heterocycles. The van der Waals surface area contributed by atoms with E-state index >= 15 is 0 Å². The van der Waals surface area contributed by atoms with E-state index in [0.29, 0.717) is 0 Å². The third kappa shape index (κ3) is 17.9. The van der Waals surface area contributed by atoms with Crippen molar-refractivity contribution in [2.24, 2.45) is 0 Å². The number of rotatable bonds is 1. The summed E-state index contributed by atoms with van der Waals surface area (Å²) in [6.07, 6.45) is 6.27. The van der Waals surface area contributed by atoms with Crippen molar-refractivity contribution in [1.82, 2.24) is 0 Å². The molecule has 4 heteroatoms. The van der Waals surface area contributed by atoms with E-state index in [1.807, 2.05) is 5.92 Å². The molecule has 0 fully saturated rings. The first-order valence-corrected chi connectivity index (χ1v) is 9.02. The van der Waals surface area contributed by atoms with E-state index in [4.69, 9.17) is 6.42 Å². The van der Waals surface area contributed by atoms with Gasteiger partial charge >= 0.3 is 35.9 Å². The second-order valence-electron chi connectivity index (χ2n) is 0.957. The maximum absolute atomic E-state index is 9.86. The van der Waals surface area contributed by atoms with Gasteiger partial charge in [-0.25, -0.2) is 0 Å². The zero-order valence-electron chi connectivity index (χ0n) is 5.11. The second kappa shape index (κ2) is 11.0. The molecule has 0 aromatic rings. The van der Waals surface area contributed by atoms with Gasteiger partial charge in [0.2, 0.25) is 0 Å². The van der Waals surface area contributed by atoms with Crippen LogP contribution in [-0.4, -0.2) is 12.6 Å². The average molecular weight is 242 g/mol. The molecule has 0 amide bonds. The molecule has 46 valence electrons. The van der Waals surface area contributed by atoms with E-state index < -0.39 is 0 Å². The molecule has 2 nitrogen and oxygen atoms in total. The minimum atomic E-state index is -0.375. The van der Waals surface area contributed by atoms with Crippen LogP contribution in [0, 0.1) is 12.3 Å². The zero-order valence-corrected chi connectivity index (χ0v) is 9.66. The maximum atomic E-state index is 9.86. The van der Waals surface area contributed by atoms with Crippen molar-refractivity contribution >= 4 is 19.6 Å². The van der Waals surface area contributed by atoms with Gasteiger partial charge in [-0.3, -0.25) is 4.79 Å². The molecular formula is C5H5BrO2Zn. The van der Waals surface area contributed by atoms with Crippen LogP contribution in [0.5, 0.6) is 0 Å². The summed E-state index contributed by atoms with van der Waals surface area (Å²) in [5.41, 5.74) is 0. The summed E-state index contributed by atoms with van der Waals surface area (Å²) in [5.74, 6) is 1.53. The molecule has 0 atom stereocenters. The van der Waals surface area contributed by atoms with Crippen LogP contribution in [0.4, 0.5) is 0 Å². The molecule has 0 aliphatic heterocycles. The summed E-state index contributed by atoms with van der Waals surface area (Å²) >= 11 is 4.25. The molecule has 0 heterocycles. The van der Waals surface area contributed by atoms with Crippen LogP contribution in [0.25, 0.3) is 0 Å². The Morgan fingerprint density at radius 1 is 1.89 bits per heavy atom. The standard InChI is InChI=1S/C5H5O2.BrH.Zn/c1-3-4-7-5(2)6;;/h4H2,2H3;1H;/q-1;;+2/p-1. The van der Waals surface area contributed by atoms with Gasteiger partial charge in [0.25, 0.3) is 0 Å². The van der Waals surface area contributed by atoms with E-state index in [1.165, 1.54) is 23.3 Å². The van der Waals surface area contributed by atoms with Crippen molar-refractivity contribution in [3.8, 4) is 5.92 Å². The van der Waals surface area contributed by atoms with Gasteiger partial charge in [0.05, 0.1) is 0 Å². The zero-order chi connectivity index (χ0) is 7.70. The molecular weight excluding hydrogens is 237 g/mol. The number of carbonyl (C=O) groups is 1. The van der Waals surface area contributed by atoms with Crippen molar-refractivity contribution in [3.05, 3.63) is 6.42 Å². The van der Waals surface area contributed by atoms with E-state index in [0.717, 1.165) is 0 Å². The van der Waals surface area contributed by atoms with E-state index in [-0.39, 0.29) is 12.6 Å². The van der Waals surface area contributed by atoms with Gasteiger partial charge in [-0.2, -0.15) is 0 Å². The normalized spacial score (nSPS) is 6.11. The van der Waals surface area contributed by atoms with E-state index in [1.54, 1.807) is 0 Å². The van der Waals surface area contributed by atoms with Crippen LogP contribution in [0.15, 0.2) is 0 Å². The Balaban J connectivity index is 0. The van der Waals surface area contributed by atoms with Crippen molar-refractivity contribution in [1.29, 1.82) is 0 Å². The first-order valence-electron chi connectivity index (χ1n) is 2.07. The van der Waals surface area contributed by atoms with Crippen molar-refractivity contribution in [2.75, 3.05) is 6.61 Å². The Hall–Kier alpha value is 0.133. The van der Waals surface area contributed by atoms with Crippen LogP contribution in [-0.2, 0) is 25.9 Å². The molecule has 0 spiro atoms. The molecule has 0 unspecified atom stereocenters. The van der Waals surface area contributed by atoms with Crippen molar-refractivity contribution < 1.29 is 25.9 Å². The number of ether oxygens (including phenoxy) is 1. The quantitative estimate of drug-likeness (QED) is 0.297. The third-order valence-electron chi connectivity index (χ3n) is 0.348. The summed E-state index contributed by atoms with van der Waals surface area (Å²) in [5, 5.41) is 0. The fourth-order valence-corrected chi connectivity index (χ4v) is 0.138. The Labute approximate surface area is 71.4 Å². The Bertz CT molecular complexity index is 108. The molecule has 9 heavy (non-hydrogen) atoms. The van der Waals surface area contributed by atoms with E-state index in [2.05, 4.69) is 18.4 Å². The third-order valence-corrected chi connectivity index (χ3v) is 0.348. The number of carbonyl (C=O) groups excluding carboxylic acids is 1. The average Bonchev–Trinajstić information content (AvgIpc) is 1.88. The molecule has 0 N–H and O–H groups in total. The van der Waals surface area contributed by atoms with Crippen LogP contribution >= 0.6 is 13.6 Å². The van der Waals surface area contributed by atoms with Crippen LogP contribution < -0.4 is 0 Å². The number of esters is 1. The molecule has 0 aliphatic rings. The van der Waals surface area contributed by atoms with Gasteiger partial charge in [-0.15, -0.1) is 0 Å². The summed E-state index contributed by atoms with van der Waals surface area (Å²) in [4.78, 5) is 9.86. The minimum absolute atomic E-state index is 0.0324. The number of hydrogen-bond acceptors (Lipinski definition) is 2. The van der Waals surface area contributed by atoms with Gasteiger partial charge in [-0.05, 0) is 0 Å². The Kier molecular flexibility index (Phi) is 14.5. The van der Waals surface area contributed by atoms with Crippen molar-refractivity contribution in [2.45, 2.75) is 6.92 Å². The van der Waals surface area contributed by atoms with Crippen LogP contribution in [0.2, 0.25) is 0 Å². The van der Waals surface area contributed by atoms with Gasteiger partial charge in [-0.1, -0.05) is 0 Å². The summed E-state index contributed by atoms with van der Waals surface area (Å²) in [6, 6.07) is 0. The summed E-state index contributed by atoms with van der Waals surface area (Å²) < 4.78 is 4.25. The van der Waals surface area contributed by atoms with Crippen LogP contribution in [0.1, 0.15) is 6.92 Å². The molecule has 0 aliphatic carbocycles. The van der Waals surface area contributed by atoms with Gasteiger partial charge < -0.3 is 17.1 Å². The number of halogens is 1. The molecule has 0 saturated heterocycles. The monoisotopic (exact) mass is 240 g/mol. The summed E-state index contributed by atoms with van der Waals surface area (Å²) in [6.45, 7) is 1.26. The Morgan fingerprint density at radius 3 is 2.44 bits per heavy atom. The van der Waals surface area contributed by atoms with Gasteiger partial charge in [0.15, 0.2) is 0 Å². The van der Waals surface area contributed by atoms with Gasteiger partial charge in [0, 0.05) is 6.92 Å². The first kappa shape index (κ1) is 11.9. The fraction of sp³-hybridized carbons (Fsp3) is 0.400. The molecule has 0 aromatic carbocycles. The second-order valence-corrected chi connectivity index (χ2v) is 0.957. The van der Waals surface area contributed by atoms with E-state index in [9.17, 15) is 4.79 Å². The molecule has 0 radical (unpaired) electrons. The molecule has 0 rings (SSSR count).